The summed E-state index contributed by atoms with van der Waals surface area (Å²) in [5.74, 6) is -1.80. The van der Waals surface area contributed by atoms with E-state index in [2.05, 4.69) is 22.2 Å². The molecule has 1 unspecified atom stereocenters. The summed E-state index contributed by atoms with van der Waals surface area (Å²) in [6.45, 7) is 7.65. The zero-order valence-corrected chi connectivity index (χ0v) is 23.0. The Morgan fingerprint density at radius 2 is 1.83 bits per heavy atom. The lowest BCUT2D eigenvalue weighted by atomic mass is 9.88. The van der Waals surface area contributed by atoms with Crippen LogP contribution in [-0.4, -0.2) is 61.1 Å². The molecule has 4 fully saturated rings. The SMILES string of the molecule is C=Cc1ccccc1N=C(C)N1CC(OC(=O)NC2CN(c3cc(F)c(C4CCC(=C5CC5)NC4=O)c(F)c3)C2)C1. The number of para-hydroxylation sites is 1. The maximum Gasteiger partial charge on any atom is 0.407 e. The van der Waals surface area contributed by atoms with Crippen molar-refractivity contribution < 1.29 is 23.1 Å². The van der Waals surface area contributed by atoms with E-state index in [0.29, 0.717) is 44.7 Å². The Morgan fingerprint density at radius 3 is 2.49 bits per heavy atom. The lowest BCUT2D eigenvalue weighted by Crippen LogP contribution is -2.61. The van der Waals surface area contributed by atoms with Gasteiger partial charge in [-0.1, -0.05) is 36.4 Å². The van der Waals surface area contributed by atoms with Gasteiger partial charge in [-0.2, -0.15) is 0 Å². The fourth-order valence-electron chi connectivity index (χ4n) is 5.63. The number of amidine groups is 1. The van der Waals surface area contributed by atoms with Crippen LogP contribution in [0.3, 0.4) is 0 Å². The molecule has 4 aliphatic rings. The van der Waals surface area contributed by atoms with Crippen LogP contribution in [0.15, 0.2) is 59.2 Å². The van der Waals surface area contributed by atoms with Gasteiger partial charge in [0.05, 0.1) is 30.7 Å². The number of piperidine rings is 1. The van der Waals surface area contributed by atoms with Crippen molar-refractivity contribution in [2.45, 2.75) is 50.7 Å². The van der Waals surface area contributed by atoms with E-state index in [9.17, 15) is 9.59 Å². The molecule has 0 aromatic heterocycles. The molecule has 3 saturated heterocycles. The molecular weight excluding hydrogens is 528 g/mol. The van der Waals surface area contributed by atoms with Gasteiger partial charge in [0, 0.05) is 30.0 Å². The molecule has 1 aliphatic carbocycles. The second kappa shape index (κ2) is 11.0. The molecule has 1 atom stereocenters. The van der Waals surface area contributed by atoms with E-state index < -0.39 is 23.6 Å². The van der Waals surface area contributed by atoms with E-state index in [0.717, 1.165) is 35.6 Å². The molecule has 6 rings (SSSR count). The number of hydrogen-bond acceptors (Lipinski definition) is 5. The number of carbonyl (C=O) groups excluding carboxylic acids is 2. The summed E-state index contributed by atoms with van der Waals surface area (Å²) < 4.78 is 35.6. The molecule has 0 spiro atoms. The van der Waals surface area contributed by atoms with E-state index in [-0.39, 0.29) is 23.6 Å². The molecule has 10 heteroatoms. The van der Waals surface area contributed by atoms with Crippen LogP contribution in [0.1, 0.15) is 49.7 Å². The van der Waals surface area contributed by atoms with Crippen LogP contribution < -0.4 is 15.5 Å². The molecule has 214 valence electrons. The van der Waals surface area contributed by atoms with Gasteiger partial charge >= 0.3 is 6.09 Å². The molecule has 41 heavy (non-hydrogen) atoms. The minimum absolute atomic E-state index is 0.176. The summed E-state index contributed by atoms with van der Waals surface area (Å²) in [6, 6.07) is 10.1. The number of ether oxygens (including phenoxy) is 1. The largest absolute Gasteiger partial charge is 0.442 e. The molecule has 0 bridgehead atoms. The standard InChI is InChI=1S/C31H33F2N5O3/c1-3-19-6-4-5-7-27(19)34-18(2)37-16-23(17-37)41-31(40)35-21-14-38(15-21)22-12-25(32)29(26(33)13-22)24-10-11-28(20-8-9-20)36-30(24)39/h3-7,12-13,21,23-24H,1,8-11,14-17H2,2H3,(H,35,40)(H,36,39). The number of halogens is 2. The zero-order chi connectivity index (χ0) is 28.7. The summed E-state index contributed by atoms with van der Waals surface area (Å²) in [4.78, 5) is 33.5. The number of benzene rings is 2. The molecule has 8 nitrogen and oxygen atoms in total. The van der Waals surface area contributed by atoms with Crippen molar-refractivity contribution in [3.05, 3.63) is 77.0 Å². The summed E-state index contributed by atoms with van der Waals surface area (Å²) in [5, 5.41) is 5.66. The minimum atomic E-state index is -0.840. The summed E-state index contributed by atoms with van der Waals surface area (Å²) >= 11 is 0. The topological polar surface area (TPSA) is 86.3 Å². The fraction of sp³-hybridized carbons (Fsp3) is 0.387. The molecular formula is C31H33F2N5O3. The Hall–Kier alpha value is -4.21. The van der Waals surface area contributed by atoms with Gasteiger partial charge in [0.15, 0.2) is 0 Å². The van der Waals surface area contributed by atoms with Crippen molar-refractivity contribution >= 4 is 35.3 Å². The maximum atomic E-state index is 15.0. The quantitative estimate of drug-likeness (QED) is 0.383. The van der Waals surface area contributed by atoms with Gasteiger partial charge < -0.3 is 25.2 Å². The first-order valence-corrected chi connectivity index (χ1v) is 14.0. The van der Waals surface area contributed by atoms with Crippen molar-refractivity contribution in [1.29, 1.82) is 0 Å². The Labute approximate surface area is 237 Å². The molecule has 0 radical (unpaired) electrons. The molecule has 2 aromatic carbocycles. The molecule has 3 aliphatic heterocycles. The third-order valence-electron chi connectivity index (χ3n) is 8.20. The number of rotatable bonds is 6. The summed E-state index contributed by atoms with van der Waals surface area (Å²) in [6.07, 6.45) is 4.01. The zero-order valence-electron chi connectivity index (χ0n) is 23.0. The number of amides is 2. The van der Waals surface area contributed by atoms with Crippen LogP contribution in [0, 0.1) is 11.6 Å². The van der Waals surface area contributed by atoms with E-state index in [4.69, 9.17) is 4.74 Å². The number of allylic oxidation sites excluding steroid dienone is 2. The van der Waals surface area contributed by atoms with E-state index in [1.807, 2.05) is 36.1 Å². The van der Waals surface area contributed by atoms with Gasteiger partial charge in [-0.15, -0.1) is 0 Å². The maximum absolute atomic E-state index is 15.0. The lowest BCUT2D eigenvalue weighted by Gasteiger charge is -2.42. The first-order valence-electron chi connectivity index (χ1n) is 14.0. The molecule has 2 aromatic rings. The van der Waals surface area contributed by atoms with Gasteiger partial charge in [-0.05, 0) is 56.4 Å². The Balaban J connectivity index is 0.964. The van der Waals surface area contributed by atoms with E-state index in [1.54, 1.807) is 11.0 Å². The Morgan fingerprint density at radius 1 is 1.12 bits per heavy atom. The third-order valence-corrected chi connectivity index (χ3v) is 8.20. The van der Waals surface area contributed by atoms with Gasteiger partial charge in [0.1, 0.15) is 23.6 Å². The monoisotopic (exact) mass is 561 g/mol. The minimum Gasteiger partial charge on any atom is -0.442 e. The first-order chi connectivity index (χ1) is 19.8. The number of nitrogens with one attached hydrogen (secondary N) is 2. The number of anilines is 1. The van der Waals surface area contributed by atoms with E-state index >= 15 is 8.78 Å². The predicted molar refractivity (Wildman–Crippen MR) is 153 cm³/mol. The third kappa shape index (κ3) is 5.68. The van der Waals surface area contributed by atoms with Gasteiger partial charge in [-0.3, -0.25) is 4.79 Å². The van der Waals surface area contributed by atoms with Gasteiger partial charge in [0.25, 0.3) is 0 Å². The van der Waals surface area contributed by atoms with Crippen molar-refractivity contribution in [2.24, 2.45) is 4.99 Å². The second-order valence-corrected chi connectivity index (χ2v) is 11.1. The van der Waals surface area contributed by atoms with Crippen LogP contribution in [0.4, 0.5) is 25.0 Å². The summed E-state index contributed by atoms with van der Waals surface area (Å²) in [5.41, 5.74) is 4.15. The molecule has 2 N–H and O–H groups in total. The molecule has 3 heterocycles. The van der Waals surface area contributed by atoms with Crippen molar-refractivity contribution in [3.8, 4) is 0 Å². The summed E-state index contributed by atoms with van der Waals surface area (Å²) in [7, 11) is 0. The number of aliphatic imine (C=N–C) groups is 1. The number of alkyl carbamates (subject to hydrolysis) is 1. The van der Waals surface area contributed by atoms with Crippen LogP contribution in [-0.2, 0) is 9.53 Å². The van der Waals surface area contributed by atoms with Crippen molar-refractivity contribution in [3.63, 3.8) is 0 Å². The smallest absolute Gasteiger partial charge is 0.407 e. The number of hydrogen-bond donors (Lipinski definition) is 2. The highest BCUT2D eigenvalue weighted by molar-refractivity contribution is 5.87. The normalized spacial score (nSPS) is 21.2. The lowest BCUT2D eigenvalue weighted by molar-refractivity contribution is -0.123. The van der Waals surface area contributed by atoms with Gasteiger partial charge in [-0.25, -0.2) is 18.6 Å². The van der Waals surface area contributed by atoms with Crippen molar-refractivity contribution in [2.75, 3.05) is 31.1 Å². The Bertz CT molecular complexity index is 1430. The number of nitrogens with zero attached hydrogens (tertiary/aromatic N) is 3. The highest BCUT2D eigenvalue weighted by Gasteiger charge is 2.36. The first kappa shape index (κ1) is 27.0. The van der Waals surface area contributed by atoms with Crippen LogP contribution in [0.25, 0.3) is 6.08 Å². The van der Waals surface area contributed by atoms with Crippen LogP contribution >= 0.6 is 0 Å². The number of likely N-dealkylation sites (tertiary alicyclic amines) is 1. The second-order valence-electron chi connectivity index (χ2n) is 11.1. The average molecular weight is 562 g/mol. The molecule has 1 saturated carbocycles. The highest BCUT2D eigenvalue weighted by Crippen LogP contribution is 2.39. The fourth-order valence-corrected chi connectivity index (χ4v) is 5.63. The average Bonchev–Trinajstić information content (AvgIpc) is 3.74. The van der Waals surface area contributed by atoms with Crippen LogP contribution in [0.5, 0.6) is 0 Å². The van der Waals surface area contributed by atoms with Crippen LogP contribution in [0.2, 0.25) is 0 Å². The van der Waals surface area contributed by atoms with Gasteiger partial charge in [0.2, 0.25) is 5.91 Å². The Kier molecular flexibility index (Phi) is 7.23. The number of carbonyl (C=O) groups is 2. The highest BCUT2D eigenvalue weighted by atomic mass is 19.1. The molecule has 2 amide bonds. The predicted octanol–water partition coefficient (Wildman–Crippen LogP) is 5.00. The van der Waals surface area contributed by atoms with E-state index in [1.165, 1.54) is 17.7 Å². The van der Waals surface area contributed by atoms with Crippen molar-refractivity contribution in [1.82, 2.24) is 15.5 Å².